The van der Waals surface area contributed by atoms with Crippen LogP contribution in [0.5, 0.6) is 11.5 Å². The van der Waals surface area contributed by atoms with E-state index in [-0.39, 0.29) is 5.75 Å². The second-order valence-electron chi connectivity index (χ2n) is 5.45. The molecular formula is C17H27NO5S. The van der Waals surface area contributed by atoms with Crippen LogP contribution in [0.1, 0.15) is 51.0 Å². The van der Waals surface area contributed by atoms with E-state index in [0.29, 0.717) is 23.5 Å². The summed E-state index contributed by atoms with van der Waals surface area (Å²) < 4.78 is 38.5. The van der Waals surface area contributed by atoms with Gasteiger partial charge >= 0.3 is 10.1 Å². The molecule has 0 aromatic heterocycles. The summed E-state index contributed by atoms with van der Waals surface area (Å²) in [7, 11) is -0.554. The van der Waals surface area contributed by atoms with E-state index < -0.39 is 10.1 Å². The lowest BCUT2D eigenvalue weighted by Gasteiger charge is -2.07. The van der Waals surface area contributed by atoms with Gasteiger partial charge in [-0.25, -0.2) is 0 Å². The molecule has 0 radical (unpaired) electrons. The molecule has 136 valence electrons. The van der Waals surface area contributed by atoms with Crippen molar-refractivity contribution < 1.29 is 22.2 Å². The van der Waals surface area contributed by atoms with Crippen LogP contribution in [0.4, 0.5) is 0 Å². The number of methoxy groups -OCH3 is 2. The number of benzene rings is 1. The number of nitrogens with zero attached hydrogens (tertiary/aromatic N) is 1. The molecule has 0 spiro atoms. The Morgan fingerprint density at radius 3 is 2.33 bits per heavy atom. The highest BCUT2D eigenvalue weighted by molar-refractivity contribution is 7.86. The fraction of sp³-hybridized carbons (Fsp3) is 0.588. The van der Waals surface area contributed by atoms with Gasteiger partial charge in [0.05, 0.1) is 26.2 Å². The maximum Gasteiger partial charge on any atom is 0.328 e. The first-order valence-electron chi connectivity index (χ1n) is 8.19. The third-order valence-corrected chi connectivity index (χ3v) is 4.62. The number of rotatable bonds is 12. The number of hydrogen-bond acceptors (Lipinski definition) is 6. The minimum absolute atomic E-state index is 0.0115. The summed E-state index contributed by atoms with van der Waals surface area (Å²) in [6, 6.07) is 5.13. The van der Waals surface area contributed by atoms with Crippen molar-refractivity contribution in [2.45, 2.75) is 45.4 Å². The van der Waals surface area contributed by atoms with Gasteiger partial charge in [-0.3, -0.25) is 4.28 Å². The maximum atomic E-state index is 11.8. The summed E-state index contributed by atoms with van der Waals surface area (Å²) in [5, 5.41) is 3.56. The van der Waals surface area contributed by atoms with Crippen molar-refractivity contribution in [3.63, 3.8) is 0 Å². The maximum absolute atomic E-state index is 11.8. The van der Waals surface area contributed by atoms with E-state index in [1.807, 2.05) is 0 Å². The molecule has 1 rings (SSSR count). The van der Waals surface area contributed by atoms with Crippen LogP contribution >= 0.6 is 0 Å². The van der Waals surface area contributed by atoms with Gasteiger partial charge in [0.15, 0.2) is 11.5 Å². The predicted molar refractivity (Wildman–Crippen MR) is 95.4 cm³/mol. The number of oxime groups is 1. The van der Waals surface area contributed by atoms with Gasteiger partial charge < -0.3 is 9.47 Å². The highest BCUT2D eigenvalue weighted by Crippen LogP contribution is 2.26. The summed E-state index contributed by atoms with van der Waals surface area (Å²) in [4.78, 5) is 0. The molecule has 0 aliphatic rings. The molecule has 0 atom stereocenters. The minimum Gasteiger partial charge on any atom is -0.493 e. The molecule has 0 saturated carbocycles. The van der Waals surface area contributed by atoms with Crippen molar-refractivity contribution in [3.8, 4) is 11.5 Å². The van der Waals surface area contributed by atoms with Crippen molar-refractivity contribution in [3.05, 3.63) is 23.8 Å². The molecule has 6 nitrogen and oxygen atoms in total. The van der Waals surface area contributed by atoms with E-state index in [1.165, 1.54) is 26.2 Å². The molecule has 0 aliphatic carbocycles. The van der Waals surface area contributed by atoms with Gasteiger partial charge in [-0.05, 0) is 24.6 Å². The van der Waals surface area contributed by atoms with Gasteiger partial charge in [0.25, 0.3) is 0 Å². The lowest BCUT2D eigenvalue weighted by Crippen LogP contribution is -2.07. The molecule has 0 fully saturated rings. The van der Waals surface area contributed by atoms with Crippen LogP contribution in [-0.4, -0.2) is 34.6 Å². The van der Waals surface area contributed by atoms with Crippen molar-refractivity contribution >= 4 is 16.3 Å². The van der Waals surface area contributed by atoms with Crippen LogP contribution in [0.25, 0.3) is 0 Å². The van der Waals surface area contributed by atoms with Gasteiger partial charge in [-0.15, -0.1) is 0 Å². The van der Waals surface area contributed by atoms with E-state index >= 15 is 0 Å². The molecule has 0 heterocycles. The molecular weight excluding hydrogens is 330 g/mol. The molecule has 0 amide bonds. The van der Waals surface area contributed by atoms with Crippen LogP contribution in [0.15, 0.2) is 23.4 Å². The summed E-state index contributed by atoms with van der Waals surface area (Å²) in [6.45, 7) is 2.15. The van der Waals surface area contributed by atoms with Crippen molar-refractivity contribution in [1.82, 2.24) is 0 Å². The quantitative estimate of drug-likeness (QED) is 0.324. The van der Waals surface area contributed by atoms with Crippen molar-refractivity contribution in [1.29, 1.82) is 0 Å². The van der Waals surface area contributed by atoms with Crippen LogP contribution < -0.4 is 9.47 Å². The summed E-state index contributed by atoms with van der Waals surface area (Å²) in [6.07, 6.45) is 7.39. The third kappa shape index (κ3) is 7.68. The number of ether oxygens (including phenoxy) is 2. The number of hydrogen-bond donors (Lipinski definition) is 0. The molecule has 24 heavy (non-hydrogen) atoms. The second-order valence-corrected chi connectivity index (χ2v) is 7.13. The molecule has 1 aromatic rings. The lowest BCUT2D eigenvalue weighted by molar-refractivity contribution is 0.340. The van der Waals surface area contributed by atoms with Crippen LogP contribution in [0.2, 0.25) is 0 Å². The molecule has 0 N–H and O–H groups in total. The standard InChI is InChI=1S/C17H27NO5S/c1-4-5-6-7-8-9-12-24(19,20)23-18-14-15-10-11-16(21-2)17(13-15)22-3/h10-11,13-14H,4-9,12H2,1-3H3. The second kappa shape index (κ2) is 10.9. The summed E-state index contributed by atoms with van der Waals surface area (Å²) in [5.41, 5.74) is 0.655. The predicted octanol–water partition coefficient (Wildman–Crippen LogP) is 3.74. The van der Waals surface area contributed by atoms with Crippen molar-refractivity contribution in [2.75, 3.05) is 20.0 Å². The lowest BCUT2D eigenvalue weighted by atomic mass is 10.1. The topological polar surface area (TPSA) is 74.2 Å². The Morgan fingerprint density at radius 2 is 1.67 bits per heavy atom. The minimum atomic E-state index is -3.63. The van der Waals surface area contributed by atoms with Crippen molar-refractivity contribution in [2.24, 2.45) is 5.16 Å². The molecule has 7 heteroatoms. The molecule has 0 bridgehead atoms. The fourth-order valence-corrected chi connectivity index (χ4v) is 2.98. The zero-order chi connectivity index (χ0) is 17.8. The van der Waals surface area contributed by atoms with E-state index in [2.05, 4.69) is 16.4 Å². The Kier molecular flexibility index (Phi) is 9.22. The Hall–Kier alpha value is -1.76. The van der Waals surface area contributed by atoms with Crippen LogP contribution in [0.3, 0.4) is 0 Å². The smallest absolute Gasteiger partial charge is 0.328 e. The van der Waals surface area contributed by atoms with E-state index in [9.17, 15) is 8.42 Å². The normalized spacial score (nSPS) is 11.6. The zero-order valence-corrected chi connectivity index (χ0v) is 15.5. The van der Waals surface area contributed by atoms with Crippen LogP contribution in [0, 0.1) is 0 Å². The van der Waals surface area contributed by atoms with Gasteiger partial charge in [0.1, 0.15) is 0 Å². The average Bonchev–Trinajstić information content (AvgIpc) is 2.57. The molecule has 0 aliphatic heterocycles. The fourth-order valence-electron chi connectivity index (χ4n) is 2.18. The monoisotopic (exact) mass is 357 g/mol. The zero-order valence-electron chi connectivity index (χ0n) is 14.7. The summed E-state index contributed by atoms with van der Waals surface area (Å²) >= 11 is 0. The average molecular weight is 357 g/mol. The first-order chi connectivity index (χ1) is 11.5. The van der Waals surface area contributed by atoms with Gasteiger partial charge in [-0.2, -0.15) is 8.42 Å². The molecule has 0 saturated heterocycles. The van der Waals surface area contributed by atoms with Gasteiger partial charge in [-0.1, -0.05) is 44.2 Å². The number of unbranched alkanes of at least 4 members (excludes halogenated alkanes) is 5. The highest BCUT2D eigenvalue weighted by atomic mass is 32.2. The summed E-state index contributed by atoms with van der Waals surface area (Å²) in [5.74, 6) is 1.12. The Bertz CT molecular complexity index is 613. The van der Waals surface area contributed by atoms with E-state index in [0.717, 1.165) is 19.3 Å². The first kappa shape index (κ1) is 20.3. The van der Waals surface area contributed by atoms with Gasteiger partial charge in [0, 0.05) is 5.56 Å². The Morgan fingerprint density at radius 1 is 1.00 bits per heavy atom. The Labute approximate surface area is 144 Å². The van der Waals surface area contributed by atoms with Crippen LogP contribution in [-0.2, 0) is 14.4 Å². The Balaban J connectivity index is 2.44. The van der Waals surface area contributed by atoms with E-state index in [1.54, 1.807) is 25.3 Å². The first-order valence-corrected chi connectivity index (χ1v) is 9.77. The third-order valence-electron chi connectivity index (χ3n) is 3.51. The molecule has 0 unspecified atom stereocenters. The van der Waals surface area contributed by atoms with E-state index in [4.69, 9.17) is 9.47 Å². The molecule has 1 aromatic carbocycles. The van der Waals surface area contributed by atoms with Gasteiger partial charge in [0.2, 0.25) is 0 Å². The highest BCUT2D eigenvalue weighted by Gasteiger charge is 2.10. The SMILES string of the molecule is CCCCCCCCS(=O)(=O)ON=Cc1ccc(OC)c(OC)c1. The largest absolute Gasteiger partial charge is 0.493 e.